The molecule has 0 heterocycles. The zero-order valence-corrected chi connectivity index (χ0v) is 14.1. The molecular formula is C14H16Cl2PRu. The van der Waals surface area contributed by atoms with Gasteiger partial charge >= 0.3 is 19.5 Å². The van der Waals surface area contributed by atoms with E-state index < -0.39 is 0 Å². The zero-order valence-electron chi connectivity index (χ0n) is 9.73. The maximum atomic E-state index is 4.25. The van der Waals surface area contributed by atoms with Gasteiger partial charge in [-0.3, -0.25) is 6.58 Å². The molecule has 2 rings (SSSR count). The van der Waals surface area contributed by atoms with Gasteiger partial charge in [0.2, 0.25) is 0 Å². The molecule has 99 valence electrons. The summed E-state index contributed by atoms with van der Waals surface area (Å²) in [5, 5.41) is 2.79. The van der Waals surface area contributed by atoms with Crippen molar-refractivity contribution in [3.63, 3.8) is 0 Å². The molecule has 0 nitrogen and oxygen atoms in total. The third-order valence-corrected chi connectivity index (χ3v) is 3.08. The second-order valence-corrected chi connectivity index (χ2v) is 4.26. The van der Waals surface area contributed by atoms with Crippen molar-refractivity contribution in [1.82, 2.24) is 0 Å². The molecule has 0 atom stereocenters. The maximum Gasteiger partial charge on any atom is 1.00 e. The number of halogens is 2. The van der Waals surface area contributed by atoms with Gasteiger partial charge in [0.05, 0.1) is 0 Å². The van der Waals surface area contributed by atoms with Crippen LogP contribution in [-0.4, -0.2) is 0 Å². The van der Waals surface area contributed by atoms with E-state index in [4.69, 9.17) is 0 Å². The number of benzene rings is 2. The van der Waals surface area contributed by atoms with E-state index in [-0.39, 0.29) is 44.3 Å². The number of rotatable bonds is 2. The Labute approximate surface area is 137 Å². The van der Waals surface area contributed by atoms with Crippen molar-refractivity contribution in [2.45, 2.75) is 0 Å². The Kier molecular flexibility index (Phi) is 19.0. The molecule has 2 aromatic carbocycles. The molecule has 0 amide bonds. The third-order valence-electron chi connectivity index (χ3n) is 1.84. The monoisotopic (exact) mass is 387 g/mol. The van der Waals surface area contributed by atoms with Crippen LogP contribution < -0.4 is 10.6 Å². The van der Waals surface area contributed by atoms with Crippen LogP contribution in [0.1, 0.15) is 0 Å². The van der Waals surface area contributed by atoms with Crippen molar-refractivity contribution in [2.75, 3.05) is 0 Å². The fourth-order valence-corrected chi connectivity index (χ4v) is 2.26. The van der Waals surface area contributed by atoms with E-state index in [1.165, 1.54) is 10.6 Å². The smallest absolute Gasteiger partial charge is 0.521 e. The van der Waals surface area contributed by atoms with E-state index in [1.807, 2.05) is 0 Å². The van der Waals surface area contributed by atoms with Gasteiger partial charge in [-0.2, -0.15) is 0 Å². The van der Waals surface area contributed by atoms with Crippen LogP contribution in [0, 0.1) is 6.58 Å². The molecule has 0 spiro atoms. The van der Waals surface area contributed by atoms with E-state index in [1.54, 1.807) is 0 Å². The van der Waals surface area contributed by atoms with E-state index in [2.05, 4.69) is 73.8 Å². The van der Waals surface area contributed by atoms with Crippen LogP contribution in [0.5, 0.6) is 0 Å². The van der Waals surface area contributed by atoms with Gasteiger partial charge in [-0.05, 0) is 10.6 Å². The van der Waals surface area contributed by atoms with Gasteiger partial charge in [-0.25, -0.2) is 0 Å². The molecule has 4 heteroatoms. The molecule has 0 bridgehead atoms. The van der Waals surface area contributed by atoms with Gasteiger partial charge in [-0.1, -0.05) is 69.2 Å². The summed E-state index contributed by atoms with van der Waals surface area (Å²) < 4.78 is 0. The van der Waals surface area contributed by atoms with Crippen LogP contribution in [0.25, 0.3) is 0 Å². The van der Waals surface area contributed by atoms with Crippen molar-refractivity contribution in [2.24, 2.45) is 0 Å². The van der Waals surface area contributed by atoms with Gasteiger partial charge in [0.1, 0.15) is 0 Å². The first-order valence-corrected chi connectivity index (χ1v) is 5.73. The standard InChI is InChI=1S/C12H11P.C2H3.2ClH.Ru/c1-3-7-11(8-4-1)13-12-9-5-2-6-10-12;1-2;;;/h1-10,13H;1H,2H2;2*1H;/q;-1;;;+1. The molecule has 1 radical (unpaired) electrons. The average Bonchev–Trinajstić information content (AvgIpc) is 2.34. The summed E-state index contributed by atoms with van der Waals surface area (Å²) >= 11 is 0. The van der Waals surface area contributed by atoms with Crippen molar-refractivity contribution < 1.29 is 19.5 Å². The largest absolute Gasteiger partial charge is 1.00 e. The molecule has 0 aliphatic heterocycles. The molecule has 0 saturated heterocycles. The van der Waals surface area contributed by atoms with E-state index in [0.29, 0.717) is 0 Å². The minimum Gasteiger partial charge on any atom is -0.521 e. The first-order chi connectivity index (χ1) is 7.45. The Balaban J connectivity index is -0.000000429. The summed E-state index contributed by atoms with van der Waals surface area (Å²) in [5.74, 6) is 0. The SMILES string of the molecule is Cl.Cl.[CH-]=C.[Ru+].c1ccc(Pc2ccccc2)cc1. The van der Waals surface area contributed by atoms with Crippen LogP contribution in [-0.2, 0) is 19.5 Å². The Morgan fingerprint density at radius 2 is 0.944 bits per heavy atom. The Bertz CT molecular complexity index is 344. The van der Waals surface area contributed by atoms with Crippen LogP contribution in [0.4, 0.5) is 0 Å². The number of hydrogen-bond acceptors (Lipinski definition) is 0. The minimum atomic E-state index is 0. The summed E-state index contributed by atoms with van der Waals surface area (Å²) in [6.45, 7) is 7.00. The molecule has 0 aliphatic rings. The van der Waals surface area contributed by atoms with Crippen molar-refractivity contribution in [3.8, 4) is 0 Å². The summed E-state index contributed by atoms with van der Waals surface area (Å²) in [5.41, 5.74) is 0. The molecular weight excluding hydrogens is 371 g/mol. The van der Waals surface area contributed by atoms with Gasteiger partial charge < -0.3 is 6.58 Å². The van der Waals surface area contributed by atoms with Crippen LogP contribution in [0.15, 0.2) is 67.2 Å². The first-order valence-electron chi connectivity index (χ1n) is 4.73. The molecule has 0 saturated carbocycles. The Morgan fingerprint density at radius 3 is 1.22 bits per heavy atom. The zero-order chi connectivity index (χ0) is 10.9. The predicted molar refractivity (Wildman–Crippen MR) is 84.9 cm³/mol. The fraction of sp³-hybridized carbons (Fsp3) is 0. The van der Waals surface area contributed by atoms with Crippen molar-refractivity contribution in [3.05, 3.63) is 73.8 Å². The molecule has 0 fully saturated rings. The summed E-state index contributed by atoms with van der Waals surface area (Å²) in [6.07, 6.45) is 0. The molecule has 0 N–H and O–H groups in total. The quantitative estimate of drug-likeness (QED) is 0.418. The molecule has 2 aromatic rings. The van der Waals surface area contributed by atoms with Crippen molar-refractivity contribution in [1.29, 1.82) is 0 Å². The predicted octanol–water partition coefficient (Wildman–Crippen LogP) is 3.76. The van der Waals surface area contributed by atoms with Gasteiger partial charge in [-0.15, -0.1) is 24.8 Å². The fourth-order valence-electron chi connectivity index (χ4n) is 1.21. The minimum absolute atomic E-state index is 0. The molecule has 0 aromatic heterocycles. The molecule has 0 unspecified atom stereocenters. The molecule has 0 aliphatic carbocycles. The van der Waals surface area contributed by atoms with Gasteiger partial charge in [0.15, 0.2) is 0 Å². The first kappa shape index (κ1) is 22.9. The molecule has 18 heavy (non-hydrogen) atoms. The Hall–Kier alpha value is -0.187. The maximum absolute atomic E-state index is 4.25. The third kappa shape index (κ3) is 8.84. The van der Waals surface area contributed by atoms with Gasteiger partial charge in [0, 0.05) is 0 Å². The Morgan fingerprint density at radius 1 is 0.667 bits per heavy atom. The normalized spacial score (nSPS) is 7.33. The van der Waals surface area contributed by atoms with Crippen molar-refractivity contribution >= 4 is 44.0 Å². The second kappa shape index (κ2) is 14.9. The number of hydrogen-bond donors (Lipinski definition) is 0. The summed E-state index contributed by atoms with van der Waals surface area (Å²) in [4.78, 5) is 0. The van der Waals surface area contributed by atoms with Crippen LogP contribution >= 0.6 is 33.4 Å². The topological polar surface area (TPSA) is 0 Å². The second-order valence-electron chi connectivity index (χ2n) is 2.86. The summed E-state index contributed by atoms with van der Waals surface area (Å²) in [7, 11) is 0.777. The van der Waals surface area contributed by atoms with E-state index in [9.17, 15) is 0 Å². The van der Waals surface area contributed by atoms with Crippen LogP contribution in [0.3, 0.4) is 0 Å². The van der Waals surface area contributed by atoms with Crippen LogP contribution in [0.2, 0.25) is 0 Å². The van der Waals surface area contributed by atoms with E-state index >= 15 is 0 Å². The average molecular weight is 387 g/mol. The van der Waals surface area contributed by atoms with E-state index in [0.717, 1.165) is 8.58 Å². The summed E-state index contributed by atoms with van der Waals surface area (Å²) in [6, 6.07) is 21.2. The van der Waals surface area contributed by atoms with Gasteiger partial charge in [0.25, 0.3) is 0 Å².